The van der Waals surface area contributed by atoms with Crippen LogP contribution in [0.5, 0.6) is 0 Å². The van der Waals surface area contributed by atoms with Gasteiger partial charge in [0.2, 0.25) is 0 Å². The van der Waals surface area contributed by atoms with Gasteiger partial charge in [0.1, 0.15) is 35.5 Å². The molecule has 2 unspecified atom stereocenters. The Labute approximate surface area is 198 Å². The molecule has 32 heavy (non-hydrogen) atoms. The molecule has 0 saturated carbocycles. The molecule has 1 saturated heterocycles. The Morgan fingerprint density at radius 1 is 1.09 bits per heavy atom. The Morgan fingerprint density at radius 2 is 1.81 bits per heavy atom. The molecule has 2 aromatic carbocycles. The molecule has 12 heteroatoms. The average Bonchev–Trinajstić information content (AvgIpc) is 3.23. The standard InChI is InChI=1S/C20H17F3IN3O4S/c21-12-4-9(5-13(22)16(12)23)14-7-27(26-25-14)17-18(29)15(8-28)31-20(19(17)30)32-11-3-1-2-10(24)6-11/h1-7,15,17-20,28-30H,8H2/t15?,17-,18-,19?,20+/m0/s1. The van der Waals surface area contributed by atoms with Crippen molar-refractivity contribution in [2.75, 3.05) is 6.61 Å². The number of ether oxygens (including phenoxy) is 1. The molecule has 0 spiro atoms. The van der Waals surface area contributed by atoms with Crippen molar-refractivity contribution in [2.24, 2.45) is 0 Å². The molecule has 4 rings (SSSR count). The van der Waals surface area contributed by atoms with Crippen molar-refractivity contribution in [3.63, 3.8) is 0 Å². The molecule has 3 N–H and O–H groups in total. The lowest BCUT2D eigenvalue weighted by Crippen LogP contribution is -2.55. The third-order valence-electron chi connectivity index (χ3n) is 4.99. The van der Waals surface area contributed by atoms with Gasteiger partial charge in [-0.2, -0.15) is 0 Å². The van der Waals surface area contributed by atoms with Crippen LogP contribution < -0.4 is 0 Å². The number of nitrogens with zero attached hydrogens (tertiary/aromatic N) is 3. The Bertz CT molecular complexity index is 1100. The van der Waals surface area contributed by atoms with Crippen molar-refractivity contribution in [3.05, 3.63) is 63.6 Å². The van der Waals surface area contributed by atoms with Crippen molar-refractivity contribution in [1.82, 2.24) is 15.0 Å². The van der Waals surface area contributed by atoms with Gasteiger partial charge in [0.25, 0.3) is 0 Å². The molecule has 1 aromatic heterocycles. The smallest absolute Gasteiger partial charge is 0.194 e. The van der Waals surface area contributed by atoms with E-state index in [0.29, 0.717) is 0 Å². The molecule has 1 aliphatic heterocycles. The number of aromatic nitrogens is 3. The Balaban J connectivity index is 1.64. The number of halogens is 4. The summed E-state index contributed by atoms with van der Waals surface area (Å²) >= 11 is 3.37. The molecule has 0 amide bonds. The van der Waals surface area contributed by atoms with Gasteiger partial charge in [-0.3, -0.25) is 0 Å². The van der Waals surface area contributed by atoms with Crippen molar-refractivity contribution < 1.29 is 33.2 Å². The summed E-state index contributed by atoms with van der Waals surface area (Å²) in [6.07, 6.45) is -2.36. The second-order valence-corrected chi connectivity index (χ2v) is 9.53. The minimum Gasteiger partial charge on any atom is -0.394 e. The molecule has 7 nitrogen and oxygen atoms in total. The van der Waals surface area contributed by atoms with Gasteiger partial charge in [0, 0.05) is 14.0 Å². The van der Waals surface area contributed by atoms with Gasteiger partial charge in [0.15, 0.2) is 17.5 Å². The van der Waals surface area contributed by atoms with E-state index in [9.17, 15) is 28.5 Å². The molecule has 0 aliphatic carbocycles. The second kappa shape index (κ2) is 9.65. The maximum absolute atomic E-state index is 13.6. The highest BCUT2D eigenvalue weighted by Gasteiger charge is 2.46. The summed E-state index contributed by atoms with van der Waals surface area (Å²) in [7, 11) is 0. The van der Waals surface area contributed by atoms with Crippen LogP contribution in [0.3, 0.4) is 0 Å². The number of hydrogen-bond donors (Lipinski definition) is 3. The SMILES string of the molecule is OCC1O[C@H](Sc2cccc(I)c2)C(O)[C@@H](n2cc(-c3cc(F)c(F)c(F)c3)nn2)[C@H]1O. The minimum absolute atomic E-state index is 0.0102. The van der Waals surface area contributed by atoms with E-state index in [1.165, 1.54) is 18.0 Å². The molecule has 1 fully saturated rings. The fourth-order valence-corrected chi connectivity index (χ4v) is 5.28. The number of rotatable bonds is 5. The van der Waals surface area contributed by atoms with E-state index in [0.717, 1.165) is 25.3 Å². The summed E-state index contributed by atoms with van der Waals surface area (Å²) in [5.41, 5.74) is -0.907. The Hall–Kier alpha value is -1.71. The fourth-order valence-electron chi connectivity index (χ4n) is 3.41. The zero-order chi connectivity index (χ0) is 23.0. The summed E-state index contributed by atoms with van der Waals surface area (Å²) in [5.74, 6) is -4.36. The monoisotopic (exact) mass is 579 g/mol. The highest BCUT2D eigenvalue weighted by Crippen LogP contribution is 2.38. The fraction of sp³-hybridized carbons (Fsp3) is 0.300. The minimum atomic E-state index is -1.60. The lowest BCUT2D eigenvalue weighted by molar-refractivity contribution is -0.178. The molecule has 3 aromatic rings. The number of aliphatic hydroxyl groups is 3. The molecular weight excluding hydrogens is 562 g/mol. The normalized spacial score (nSPS) is 25.8. The topological polar surface area (TPSA) is 101 Å². The van der Waals surface area contributed by atoms with Crippen LogP contribution in [0.4, 0.5) is 13.2 Å². The number of aliphatic hydroxyl groups excluding tert-OH is 3. The van der Waals surface area contributed by atoms with Gasteiger partial charge < -0.3 is 20.1 Å². The highest BCUT2D eigenvalue weighted by atomic mass is 127. The zero-order valence-electron chi connectivity index (χ0n) is 16.1. The van der Waals surface area contributed by atoms with Gasteiger partial charge in [-0.1, -0.05) is 23.0 Å². The van der Waals surface area contributed by atoms with E-state index in [-0.39, 0.29) is 11.3 Å². The van der Waals surface area contributed by atoms with Gasteiger partial charge in [-0.25, -0.2) is 17.9 Å². The number of benzene rings is 2. The van der Waals surface area contributed by atoms with Gasteiger partial charge in [-0.05, 0) is 52.9 Å². The van der Waals surface area contributed by atoms with E-state index >= 15 is 0 Å². The van der Waals surface area contributed by atoms with Crippen molar-refractivity contribution >= 4 is 34.4 Å². The maximum Gasteiger partial charge on any atom is 0.194 e. The van der Waals surface area contributed by atoms with Crippen LogP contribution in [0.15, 0.2) is 47.5 Å². The molecule has 2 heterocycles. The van der Waals surface area contributed by atoms with E-state index < -0.39 is 53.8 Å². The lowest BCUT2D eigenvalue weighted by atomic mass is 9.97. The Morgan fingerprint density at radius 3 is 2.47 bits per heavy atom. The molecule has 0 bridgehead atoms. The first-order valence-electron chi connectivity index (χ1n) is 9.40. The van der Waals surface area contributed by atoms with Crippen LogP contribution in [-0.2, 0) is 4.74 Å². The summed E-state index contributed by atoms with van der Waals surface area (Å²) in [5, 5.41) is 39.0. The molecular formula is C20H17F3IN3O4S. The van der Waals surface area contributed by atoms with Crippen molar-refractivity contribution in [3.8, 4) is 11.3 Å². The van der Waals surface area contributed by atoms with Gasteiger partial charge in [0.05, 0.1) is 12.8 Å². The quantitative estimate of drug-likeness (QED) is 0.316. The van der Waals surface area contributed by atoms with E-state index in [1.54, 1.807) is 0 Å². The van der Waals surface area contributed by atoms with Crippen molar-refractivity contribution in [2.45, 2.75) is 34.7 Å². The van der Waals surface area contributed by atoms with Crippen LogP contribution in [0.25, 0.3) is 11.3 Å². The molecule has 0 radical (unpaired) electrons. The lowest BCUT2D eigenvalue weighted by Gasteiger charge is -2.41. The molecule has 5 atom stereocenters. The summed E-state index contributed by atoms with van der Waals surface area (Å²) < 4.78 is 48.3. The predicted molar refractivity (Wildman–Crippen MR) is 117 cm³/mol. The van der Waals surface area contributed by atoms with Crippen LogP contribution in [0.1, 0.15) is 6.04 Å². The summed E-state index contributed by atoms with van der Waals surface area (Å²) in [6.45, 7) is -0.510. The van der Waals surface area contributed by atoms with Gasteiger partial charge >= 0.3 is 0 Å². The average molecular weight is 579 g/mol. The number of thioether (sulfide) groups is 1. The van der Waals surface area contributed by atoms with E-state index in [1.807, 2.05) is 24.3 Å². The van der Waals surface area contributed by atoms with Crippen LogP contribution in [-0.4, -0.2) is 60.7 Å². The third kappa shape index (κ3) is 4.65. The first kappa shape index (κ1) is 23.4. The van der Waals surface area contributed by atoms with Crippen LogP contribution in [0, 0.1) is 21.0 Å². The van der Waals surface area contributed by atoms with Crippen LogP contribution >= 0.6 is 34.4 Å². The highest BCUT2D eigenvalue weighted by molar-refractivity contribution is 14.1. The third-order valence-corrected chi connectivity index (χ3v) is 6.81. The second-order valence-electron chi connectivity index (χ2n) is 7.11. The first-order valence-corrected chi connectivity index (χ1v) is 11.4. The zero-order valence-corrected chi connectivity index (χ0v) is 19.1. The first-order chi connectivity index (χ1) is 15.3. The van der Waals surface area contributed by atoms with E-state index in [2.05, 4.69) is 32.9 Å². The summed E-state index contributed by atoms with van der Waals surface area (Å²) in [6, 6.07) is 7.95. The van der Waals surface area contributed by atoms with Gasteiger partial charge in [-0.15, -0.1) is 5.10 Å². The largest absolute Gasteiger partial charge is 0.394 e. The molecule has 170 valence electrons. The van der Waals surface area contributed by atoms with Crippen molar-refractivity contribution in [1.29, 1.82) is 0 Å². The number of hydrogen-bond acceptors (Lipinski definition) is 7. The summed E-state index contributed by atoms with van der Waals surface area (Å²) in [4.78, 5) is 0.810. The van der Waals surface area contributed by atoms with E-state index in [4.69, 9.17) is 4.74 Å². The van der Waals surface area contributed by atoms with Crippen LogP contribution in [0.2, 0.25) is 0 Å². The molecule has 1 aliphatic rings. The predicted octanol–water partition coefficient (Wildman–Crippen LogP) is 2.74. The maximum atomic E-state index is 13.6. The Kier molecular flexibility index (Phi) is 7.07.